The lowest BCUT2D eigenvalue weighted by molar-refractivity contribution is -0.137. The van der Waals surface area contributed by atoms with Gasteiger partial charge in [0.15, 0.2) is 0 Å². The number of nitrogens with zero attached hydrogens (tertiary/aromatic N) is 1. The maximum Gasteiger partial charge on any atom is 0.323 e. The molecule has 0 aliphatic carbocycles. The Morgan fingerprint density at radius 2 is 2.00 bits per heavy atom. The Hall–Kier alpha value is -2.60. The van der Waals surface area contributed by atoms with Crippen molar-refractivity contribution in [2.75, 3.05) is 6.54 Å². The lowest BCUT2D eigenvalue weighted by atomic mass is 9.93. The van der Waals surface area contributed by atoms with Gasteiger partial charge in [0.1, 0.15) is 6.54 Å². The molecule has 1 aliphatic heterocycles. The van der Waals surface area contributed by atoms with Crippen LogP contribution in [0.25, 0.3) is 11.1 Å². The second kappa shape index (κ2) is 5.89. The van der Waals surface area contributed by atoms with Crippen molar-refractivity contribution in [1.29, 1.82) is 0 Å². The van der Waals surface area contributed by atoms with Crippen LogP contribution in [0.3, 0.4) is 0 Å². The number of aromatic nitrogens is 1. The van der Waals surface area contributed by atoms with Gasteiger partial charge in [-0.25, -0.2) is 0 Å². The van der Waals surface area contributed by atoms with Gasteiger partial charge in [-0.1, -0.05) is 17.7 Å². The molecule has 0 fully saturated rings. The van der Waals surface area contributed by atoms with E-state index < -0.39 is 18.1 Å². The third kappa shape index (κ3) is 2.98. The van der Waals surface area contributed by atoms with Gasteiger partial charge in [-0.3, -0.25) is 14.4 Å². The molecule has 1 aromatic carbocycles. The minimum Gasteiger partial charge on any atom is -0.480 e. The molecule has 1 amide bonds. The second-order valence-electron chi connectivity index (χ2n) is 5.27. The van der Waals surface area contributed by atoms with Gasteiger partial charge in [0.05, 0.1) is 5.56 Å². The smallest absolute Gasteiger partial charge is 0.323 e. The highest BCUT2D eigenvalue weighted by molar-refractivity contribution is 6.31. The first kappa shape index (κ1) is 15.3. The van der Waals surface area contributed by atoms with E-state index in [4.69, 9.17) is 16.7 Å². The monoisotopic (exact) mass is 332 g/mol. The average molecular weight is 333 g/mol. The first-order valence-electron chi connectivity index (χ1n) is 6.99. The van der Waals surface area contributed by atoms with Crippen molar-refractivity contribution in [3.8, 4) is 11.1 Å². The molecule has 2 aromatic rings. The quantitative estimate of drug-likeness (QED) is 0.873. The summed E-state index contributed by atoms with van der Waals surface area (Å²) in [6, 6.07) is 6.63. The molecule has 7 heteroatoms. The molecule has 0 bridgehead atoms. The van der Waals surface area contributed by atoms with E-state index in [1.165, 1.54) is 12.3 Å². The van der Waals surface area contributed by atoms with Crippen LogP contribution in [0.4, 0.5) is 0 Å². The Labute approximate surface area is 136 Å². The van der Waals surface area contributed by atoms with E-state index >= 15 is 0 Å². The number of hydrogen-bond acceptors (Lipinski definition) is 3. The number of carbonyl (C=O) groups excluding carboxylic acids is 1. The van der Waals surface area contributed by atoms with Crippen LogP contribution < -0.4 is 10.9 Å². The minimum atomic E-state index is -1.15. The zero-order valence-electron chi connectivity index (χ0n) is 12.0. The Morgan fingerprint density at radius 3 is 2.74 bits per heavy atom. The molecule has 0 unspecified atom stereocenters. The van der Waals surface area contributed by atoms with Crippen LogP contribution in [-0.2, 0) is 17.8 Å². The molecule has 0 saturated carbocycles. The predicted molar refractivity (Wildman–Crippen MR) is 84.8 cm³/mol. The number of carbonyl (C=O) groups is 2. The fraction of sp³-hybridized carbons (Fsp3) is 0.188. The summed E-state index contributed by atoms with van der Waals surface area (Å²) in [5, 5.41) is 12.1. The molecule has 1 aliphatic rings. The maximum absolute atomic E-state index is 12.3. The largest absolute Gasteiger partial charge is 0.480 e. The SMILES string of the molecule is O=C(O)Cn1cc2c(cc1=O)-c1cc(Cl)ccc1CCNC2=O. The Bertz CT molecular complexity index is 873. The van der Waals surface area contributed by atoms with Gasteiger partial charge in [0.25, 0.3) is 11.5 Å². The van der Waals surface area contributed by atoms with Gasteiger partial charge in [-0.15, -0.1) is 0 Å². The molecule has 23 heavy (non-hydrogen) atoms. The lowest BCUT2D eigenvalue weighted by Crippen LogP contribution is -2.31. The molecule has 118 valence electrons. The zero-order valence-corrected chi connectivity index (χ0v) is 12.8. The second-order valence-corrected chi connectivity index (χ2v) is 5.70. The minimum absolute atomic E-state index is 0.258. The van der Waals surface area contributed by atoms with E-state index in [0.717, 1.165) is 15.7 Å². The third-order valence-electron chi connectivity index (χ3n) is 3.72. The summed E-state index contributed by atoms with van der Waals surface area (Å²) >= 11 is 6.05. The third-order valence-corrected chi connectivity index (χ3v) is 3.95. The topological polar surface area (TPSA) is 88.4 Å². The first-order chi connectivity index (χ1) is 11.0. The van der Waals surface area contributed by atoms with Crippen LogP contribution in [0.5, 0.6) is 0 Å². The number of hydrogen-bond donors (Lipinski definition) is 2. The van der Waals surface area contributed by atoms with Gasteiger partial charge < -0.3 is 15.0 Å². The van der Waals surface area contributed by atoms with Crippen molar-refractivity contribution >= 4 is 23.5 Å². The number of halogens is 1. The summed E-state index contributed by atoms with van der Waals surface area (Å²) < 4.78 is 1.01. The van der Waals surface area contributed by atoms with Crippen molar-refractivity contribution in [3.63, 3.8) is 0 Å². The predicted octanol–water partition coefficient (Wildman–Crippen LogP) is 1.54. The van der Waals surface area contributed by atoms with Gasteiger partial charge in [-0.2, -0.15) is 0 Å². The van der Waals surface area contributed by atoms with Crippen molar-refractivity contribution in [1.82, 2.24) is 9.88 Å². The number of rotatable bonds is 2. The van der Waals surface area contributed by atoms with Crippen molar-refractivity contribution < 1.29 is 14.7 Å². The highest BCUT2D eigenvalue weighted by Gasteiger charge is 2.21. The molecule has 0 atom stereocenters. The summed E-state index contributed by atoms with van der Waals surface area (Å²) in [5.41, 5.74) is 1.93. The van der Waals surface area contributed by atoms with Gasteiger partial charge in [0, 0.05) is 29.4 Å². The molecular weight excluding hydrogens is 320 g/mol. The molecule has 3 rings (SSSR count). The molecule has 1 aromatic heterocycles. The van der Waals surface area contributed by atoms with Crippen molar-refractivity contribution in [3.05, 3.63) is 57.0 Å². The Morgan fingerprint density at radius 1 is 1.22 bits per heavy atom. The van der Waals surface area contributed by atoms with E-state index in [2.05, 4.69) is 5.32 Å². The Balaban J connectivity index is 2.27. The van der Waals surface area contributed by atoms with Crippen LogP contribution in [0, 0.1) is 0 Å². The number of amides is 1. The fourth-order valence-electron chi connectivity index (χ4n) is 2.67. The summed E-state index contributed by atoms with van der Waals surface area (Å²) in [6.45, 7) is -0.0489. The normalized spacial score (nSPS) is 13.3. The van der Waals surface area contributed by atoms with Crippen LogP contribution in [-0.4, -0.2) is 28.1 Å². The maximum atomic E-state index is 12.3. The van der Waals surface area contributed by atoms with Crippen molar-refractivity contribution in [2.24, 2.45) is 0 Å². The molecule has 2 heterocycles. The van der Waals surface area contributed by atoms with E-state index in [-0.39, 0.29) is 11.5 Å². The van der Waals surface area contributed by atoms with E-state index in [0.29, 0.717) is 23.6 Å². The number of benzene rings is 1. The molecule has 0 radical (unpaired) electrons. The number of carboxylic acids is 1. The zero-order chi connectivity index (χ0) is 16.6. The molecule has 0 spiro atoms. The van der Waals surface area contributed by atoms with E-state index in [9.17, 15) is 14.4 Å². The first-order valence-corrected chi connectivity index (χ1v) is 7.37. The van der Waals surface area contributed by atoms with Crippen LogP contribution >= 0.6 is 11.6 Å². The summed E-state index contributed by atoms with van der Waals surface area (Å²) in [6.07, 6.45) is 1.91. The number of nitrogens with one attached hydrogen (secondary N) is 1. The highest BCUT2D eigenvalue weighted by Crippen LogP contribution is 2.30. The van der Waals surface area contributed by atoms with Gasteiger partial charge >= 0.3 is 5.97 Å². The van der Waals surface area contributed by atoms with Gasteiger partial charge in [-0.05, 0) is 29.7 Å². The van der Waals surface area contributed by atoms with Crippen LogP contribution in [0.2, 0.25) is 5.02 Å². The average Bonchev–Trinajstić information content (AvgIpc) is 2.48. The summed E-state index contributed by atoms with van der Waals surface area (Å²) in [5.74, 6) is -1.49. The van der Waals surface area contributed by atoms with E-state index in [1.807, 2.05) is 6.07 Å². The number of fused-ring (bicyclic) bond motifs is 3. The van der Waals surface area contributed by atoms with Crippen molar-refractivity contribution in [2.45, 2.75) is 13.0 Å². The molecule has 6 nitrogen and oxygen atoms in total. The molecule has 0 saturated heterocycles. The highest BCUT2D eigenvalue weighted by atomic mass is 35.5. The Kier molecular flexibility index (Phi) is 3.92. The lowest BCUT2D eigenvalue weighted by Gasteiger charge is -2.19. The summed E-state index contributed by atoms with van der Waals surface area (Å²) in [4.78, 5) is 35.3. The van der Waals surface area contributed by atoms with Crippen LogP contribution in [0.1, 0.15) is 15.9 Å². The number of aliphatic carboxylic acids is 1. The number of carboxylic acid groups (broad SMARTS) is 1. The van der Waals surface area contributed by atoms with Gasteiger partial charge in [0.2, 0.25) is 0 Å². The summed E-state index contributed by atoms with van der Waals surface area (Å²) in [7, 11) is 0. The molecular formula is C16H13ClN2O4. The molecule has 2 N–H and O–H groups in total. The number of pyridine rings is 1. The standard InChI is InChI=1S/C16H13ClN2O4/c17-10-2-1-9-3-4-18-16(23)13-7-19(8-15(21)22)14(20)6-12(13)11(9)5-10/h1-2,5-7H,3-4,8H2,(H,18,23)(H,21,22). The van der Waals surface area contributed by atoms with E-state index in [1.54, 1.807) is 12.1 Å². The van der Waals surface area contributed by atoms with Crippen LogP contribution in [0.15, 0.2) is 35.3 Å². The fourth-order valence-corrected chi connectivity index (χ4v) is 2.84.